The molecule has 5 aliphatic carbocycles. The van der Waals surface area contributed by atoms with Crippen LogP contribution >= 0.6 is 0 Å². The van der Waals surface area contributed by atoms with E-state index < -0.39 is 83.9 Å². The predicted octanol–water partition coefficient (Wildman–Crippen LogP) is 1.45. The van der Waals surface area contributed by atoms with Gasteiger partial charge < -0.3 is 54.7 Å². The van der Waals surface area contributed by atoms with E-state index in [1.165, 1.54) is 0 Å². The van der Waals surface area contributed by atoms with Crippen LogP contribution in [-0.2, 0) is 18.9 Å². The molecular weight excluding hydrogens is 608 g/mol. The van der Waals surface area contributed by atoms with Gasteiger partial charge in [0.15, 0.2) is 12.1 Å². The monoisotopic (exact) mass is 666 g/mol. The SMILES string of the molecule is C[C@@H]1C[C@H]2O[C@@]3(O[C@@H]2C(C)(C)O)[C@H](O)[C@@]2(C)[C@@H]4CC[C@H]5C(C)(C)[C@@H](O[C@@H]6O[C@H](CO)[C@H](O)[C@H](O)[C@H]6O)C[C@H](O)[C@@]56C[C@@]46CC[C@]2(C)[C@@H]13. The van der Waals surface area contributed by atoms with Crippen molar-refractivity contribution in [3.8, 4) is 0 Å². The van der Waals surface area contributed by atoms with Gasteiger partial charge in [0.2, 0.25) is 0 Å². The molecule has 7 N–H and O–H groups in total. The molecule has 0 unspecified atom stereocenters. The minimum Gasteiger partial charge on any atom is -0.394 e. The molecule has 268 valence electrons. The van der Waals surface area contributed by atoms with Gasteiger partial charge in [0.1, 0.15) is 36.6 Å². The average molecular weight is 667 g/mol. The van der Waals surface area contributed by atoms with Crippen molar-refractivity contribution < 1.29 is 54.7 Å². The van der Waals surface area contributed by atoms with Gasteiger partial charge in [-0.2, -0.15) is 0 Å². The van der Waals surface area contributed by atoms with Crippen molar-refractivity contribution in [2.24, 2.45) is 50.7 Å². The Hall–Kier alpha value is -0.440. The Morgan fingerprint density at radius 2 is 1.55 bits per heavy atom. The molecule has 8 rings (SSSR count). The molecule has 0 radical (unpaired) electrons. The zero-order valence-corrected chi connectivity index (χ0v) is 29.0. The van der Waals surface area contributed by atoms with Gasteiger partial charge in [0.05, 0.1) is 30.5 Å². The largest absolute Gasteiger partial charge is 0.394 e. The van der Waals surface area contributed by atoms with Gasteiger partial charge in [0, 0.05) is 23.2 Å². The lowest BCUT2D eigenvalue weighted by Gasteiger charge is -2.64. The lowest BCUT2D eigenvalue weighted by Crippen LogP contribution is -2.64. The molecule has 0 amide bonds. The van der Waals surface area contributed by atoms with Gasteiger partial charge in [-0.15, -0.1) is 0 Å². The van der Waals surface area contributed by atoms with Crippen molar-refractivity contribution in [3.05, 3.63) is 0 Å². The highest BCUT2D eigenvalue weighted by atomic mass is 16.8. The molecule has 2 bridgehead atoms. The number of hydrogen-bond donors (Lipinski definition) is 7. The summed E-state index contributed by atoms with van der Waals surface area (Å²) in [6, 6.07) is 0. The van der Waals surface area contributed by atoms with E-state index in [4.69, 9.17) is 18.9 Å². The second-order valence-electron chi connectivity index (χ2n) is 18.8. The highest BCUT2D eigenvalue weighted by Crippen LogP contribution is 2.90. The lowest BCUT2D eigenvalue weighted by molar-refractivity contribution is -0.331. The zero-order valence-electron chi connectivity index (χ0n) is 29.0. The summed E-state index contributed by atoms with van der Waals surface area (Å²) in [4.78, 5) is 0. The van der Waals surface area contributed by atoms with E-state index in [2.05, 4.69) is 34.6 Å². The van der Waals surface area contributed by atoms with Gasteiger partial charge in [-0.1, -0.05) is 34.6 Å². The summed E-state index contributed by atoms with van der Waals surface area (Å²) in [6.07, 6.45) is -4.09. The summed E-state index contributed by atoms with van der Waals surface area (Å²) in [5.41, 5.74) is -2.82. The van der Waals surface area contributed by atoms with Crippen LogP contribution < -0.4 is 0 Å². The Balaban J connectivity index is 1.11. The zero-order chi connectivity index (χ0) is 34.1. The summed E-state index contributed by atoms with van der Waals surface area (Å²) in [7, 11) is 0. The molecule has 11 heteroatoms. The van der Waals surface area contributed by atoms with Crippen molar-refractivity contribution in [1.82, 2.24) is 0 Å². The minimum absolute atomic E-state index is 0.0209. The van der Waals surface area contributed by atoms with Crippen LogP contribution in [-0.4, -0.2) is 115 Å². The van der Waals surface area contributed by atoms with Crippen molar-refractivity contribution in [2.75, 3.05) is 6.61 Å². The molecule has 5 saturated carbocycles. The maximum Gasteiger partial charge on any atom is 0.199 e. The Kier molecular flexibility index (Phi) is 7.10. The normalized spacial score (nSPS) is 62.2. The van der Waals surface area contributed by atoms with E-state index in [9.17, 15) is 35.7 Å². The first-order chi connectivity index (χ1) is 21.8. The molecule has 8 fully saturated rings. The van der Waals surface area contributed by atoms with Crippen LogP contribution in [0, 0.1) is 50.7 Å². The number of aliphatic hydroxyl groups excluding tert-OH is 6. The number of aliphatic hydroxyl groups is 7. The third kappa shape index (κ3) is 3.76. The van der Waals surface area contributed by atoms with Crippen LogP contribution in [0.25, 0.3) is 0 Å². The fraction of sp³-hybridized carbons (Fsp3) is 1.00. The van der Waals surface area contributed by atoms with Gasteiger partial charge in [-0.3, -0.25) is 0 Å². The Morgan fingerprint density at radius 3 is 2.21 bits per heavy atom. The van der Waals surface area contributed by atoms with E-state index in [1.807, 2.05) is 0 Å². The van der Waals surface area contributed by atoms with Gasteiger partial charge in [-0.05, 0) is 86.4 Å². The third-order valence-electron chi connectivity index (χ3n) is 16.3. The van der Waals surface area contributed by atoms with Crippen molar-refractivity contribution >= 4 is 0 Å². The fourth-order valence-electron chi connectivity index (χ4n) is 14.2. The number of hydrogen-bond acceptors (Lipinski definition) is 11. The van der Waals surface area contributed by atoms with Crippen LogP contribution in [0.1, 0.15) is 93.4 Å². The smallest absolute Gasteiger partial charge is 0.199 e. The fourth-order valence-corrected chi connectivity index (χ4v) is 14.2. The molecule has 0 aromatic carbocycles. The second-order valence-corrected chi connectivity index (χ2v) is 18.8. The summed E-state index contributed by atoms with van der Waals surface area (Å²) < 4.78 is 25.7. The van der Waals surface area contributed by atoms with Crippen LogP contribution in [0.4, 0.5) is 0 Å². The highest BCUT2D eigenvalue weighted by molar-refractivity contribution is 5.36. The predicted molar refractivity (Wildman–Crippen MR) is 166 cm³/mol. The van der Waals surface area contributed by atoms with Crippen LogP contribution in [0.2, 0.25) is 0 Å². The first-order valence-electron chi connectivity index (χ1n) is 18.2. The molecule has 0 aromatic heterocycles. The quantitative estimate of drug-likeness (QED) is 0.216. The number of ether oxygens (including phenoxy) is 4. The maximum atomic E-state index is 12.7. The number of fused-ring (bicyclic) bond motifs is 4. The van der Waals surface area contributed by atoms with Crippen molar-refractivity contribution in [2.45, 2.75) is 166 Å². The molecule has 47 heavy (non-hydrogen) atoms. The minimum atomic E-state index is -1.53. The Labute approximate surface area is 277 Å². The van der Waals surface area contributed by atoms with E-state index >= 15 is 0 Å². The molecule has 3 spiro atoms. The van der Waals surface area contributed by atoms with Crippen LogP contribution in [0.15, 0.2) is 0 Å². The topological polar surface area (TPSA) is 179 Å². The average Bonchev–Trinajstić information content (AvgIpc) is 3.55. The molecule has 19 atom stereocenters. The lowest BCUT2D eigenvalue weighted by atomic mass is 9.41. The van der Waals surface area contributed by atoms with E-state index in [0.717, 1.165) is 38.5 Å². The summed E-state index contributed by atoms with van der Waals surface area (Å²) in [5, 5.41) is 77.1. The van der Waals surface area contributed by atoms with E-state index in [-0.39, 0.29) is 46.0 Å². The van der Waals surface area contributed by atoms with Crippen LogP contribution in [0.3, 0.4) is 0 Å². The summed E-state index contributed by atoms with van der Waals surface area (Å²) >= 11 is 0. The van der Waals surface area contributed by atoms with Gasteiger partial charge in [0.25, 0.3) is 0 Å². The van der Waals surface area contributed by atoms with Gasteiger partial charge >= 0.3 is 0 Å². The maximum absolute atomic E-state index is 12.7. The van der Waals surface area contributed by atoms with Gasteiger partial charge in [-0.25, -0.2) is 0 Å². The first-order valence-corrected chi connectivity index (χ1v) is 18.2. The molecule has 3 heterocycles. The Bertz CT molecular complexity index is 1290. The number of rotatable bonds is 4. The van der Waals surface area contributed by atoms with E-state index in [0.29, 0.717) is 6.42 Å². The second kappa shape index (κ2) is 9.91. The molecule has 8 aliphatic rings. The van der Waals surface area contributed by atoms with Crippen LogP contribution in [0.5, 0.6) is 0 Å². The van der Waals surface area contributed by atoms with E-state index in [1.54, 1.807) is 13.8 Å². The Morgan fingerprint density at radius 1 is 0.872 bits per heavy atom. The summed E-state index contributed by atoms with van der Waals surface area (Å²) in [6.45, 7) is 14.2. The summed E-state index contributed by atoms with van der Waals surface area (Å²) in [5.74, 6) is -0.686. The highest BCUT2D eigenvalue weighted by Gasteiger charge is 2.89. The molecule has 0 aromatic rings. The molecular formula is C36H58O11. The molecule has 3 saturated heterocycles. The molecule has 11 nitrogen and oxygen atoms in total. The van der Waals surface area contributed by atoms with Crippen molar-refractivity contribution in [3.63, 3.8) is 0 Å². The first kappa shape index (κ1) is 33.7. The standard InChI is InChI=1S/C36H58O11/c1-16-12-17-27(31(4,5)43)47-36(46-17)26(16)32(6)10-11-34-15-35(34)19(8-9-20(34)33(32,7)29(36)42)30(2,3)22(13-21(35)38)45-28-25(41)24(40)23(39)18(14-37)44-28/h16-29,37-43H,8-15H2,1-7H3/t16-,17-,18-,19+,20+,21+,22+,23+,24+,25-,26-,27+,28+,29-,32-,33-,34+,35-,36+/m1/s1. The van der Waals surface area contributed by atoms with Crippen molar-refractivity contribution in [1.29, 1.82) is 0 Å². The third-order valence-corrected chi connectivity index (χ3v) is 16.3. The molecule has 3 aliphatic heterocycles.